The lowest BCUT2D eigenvalue weighted by atomic mass is 9.84. The highest BCUT2D eigenvalue weighted by molar-refractivity contribution is 9.10. The molecule has 0 unspecified atom stereocenters. The quantitative estimate of drug-likeness (QED) is 0.819. The van der Waals surface area contributed by atoms with Crippen LogP contribution in [0.1, 0.15) is 25.8 Å². The lowest BCUT2D eigenvalue weighted by Crippen LogP contribution is -2.40. The second-order valence-corrected chi connectivity index (χ2v) is 5.38. The van der Waals surface area contributed by atoms with Crippen molar-refractivity contribution in [1.82, 2.24) is 5.32 Å². The predicted octanol–water partition coefficient (Wildman–Crippen LogP) is 2.23. The summed E-state index contributed by atoms with van der Waals surface area (Å²) in [6, 6.07) is 7.74. The Morgan fingerprint density at radius 2 is 2.18 bits per heavy atom. The number of hydrogen-bond acceptors (Lipinski definition) is 2. The molecule has 0 bridgehead atoms. The van der Waals surface area contributed by atoms with E-state index in [4.69, 9.17) is 5.11 Å². The van der Waals surface area contributed by atoms with Gasteiger partial charge in [0, 0.05) is 17.6 Å². The van der Waals surface area contributed by atoms with Gasteiger partial charge in [-0.05, 0) is 38.0 Å². The number of aliphatic hydroxyl groups excluding tert-OH is 1. The van der Waals surface area contributed by atoms with Crippen molar-refractivity contribution in [3.05, 3.63) is 34.3 Å². The number of aliphatic hydroxyl groups is 1. The SMILES string of the molecule is CC(C)(C(=O)NCCCO)c1cccc(Br)c1. The van der Waals surface area contributed by atoms with E-state index in [1.165, 1.54) is 0 Å². The fraction of sp³-hybridized carbons (Fsp3) is 0.462. The monoisotopic (exact) mass is 299 g/mol. The van der Waals surface area contributed by atoms with Gasteiger partial charge in [0.05, 0.1) is 5.41 Å². The standard InChI is InChI=1S/C13H18BrNO2/c1-13(2,12(17)15-7-4-8-16)10-5-3-6-11(14)9-10/h3,5-6,9,16H,4,7-8H2,1-2H3,(H,15,17). The number of nitrogens with one attached hydrogen (secondary N) is 1. The summed E-state index contributed by atoms with van der Waals surface area (Å²) in [5.74, 6) is -0.0240. The first-order chi connectivity index (χ1) is 7.98. The lowest BCUT2D eigenvalue weighted by Gasteiger charge is -2.24. The van der Waals surface area contributed by atoms with Crippen molar-refractivity contribution in [3.63, 3.8) is 0 Å². The van der Waals surface area contributed by atoms with Crippen LogP contribution in [0.4, 0.5) is 0 Å². The Hall–Kier alpha value is -0.870. The Kier molecular flexibility index (Phi) is 5.15. The van der Waals surface area contributed by atoms with Crippen LogP contribution in [-0.4, -0.2) is 24.2 Å². The van der Waals surface area contributed by atoms with Gasteiger partial charge in [0.25, 0.3) is 0 Å². The second-order valence-electron chi connectivity index (χ2n) is 4.47. The van der Waals surface area contributed by atoms with E-state index in [9.17, 15) is 4.79 Å². The molecular weight excluding hydrogens is 282 g/mol. The third-order valence-electron chi connectivity index (χ3n) is 2.73. The fourth-order valence-corrected chi connectivity index (χ4v) is 1.91. The van der Waals surface area contributed by atoms with Crippen molar-refractivity contribution in [3.8, 4) is 0 Å². The van der Waals surface area contributed by atoms with Crippen molar-refractivity contribution in [2.75, 3.05) is 13.2 Å². The smallest absolute Gasteiger partial charge is 0.230 e. The zero-order chi connectivity index (χ0) is 12.9. The van der Waals surface area contributed by atoms with E-state index >= 15 is 0 Å². The van der Waals surface area contributed by atoms with Crippen LogP contribution in [0.25, 0.3) is 0 Å². The number of rotatable bonds is 5. The average molecular weight is 300 g/mol. The first kappa shape index (κ1) is 14.2. The maximum atomic E-state index is 12.0. The summed E-state index contributed by atoms with van der Waals surface area (Å²) >= 11 is 3.40. The lowest BCUT2D eigenvalue weighted by molar-refractivity contribution is -0.125. The third-order valence-corrected chi connectivity index (χ3v) is 3.23. The molecule has 0 aliphatic rings. The first-order valence-electron chi connectivity index (χ1n) is 5.63. The first-order valence-corrected chi connectivity index (χ1v) is 6.43. The summed E-state index contributed by atoms with van der Waals surface area (Å²) in [6.45, 7) is 4.39. The van der Waals surface area contributed by atoms with Crippen LogP contribution in [-0.2, 0) is 10.2 Å². The molecule has 0 radical (unpaired) electrons. The minimum Gasteiger partial charge on any atom is -0.396 e. The molecule has 1 aromatic carbocycles. The summed E-state index contributed by atoms with van der Waals surface area (Å²) in [4.78, 5) is 12.0. The van der Waals surface area contributed by atoms with Crippen LogP contribution in [0.3, 0.4) is 0 Å². The van der Waals surface area contributed by atoms with Gasteiger partial charge in [0.15, 0.2) is 0 Å². The molecule has 0 heterocycles. The van der Waals surface area contributed by atoms with Crippen molar-refractivity contribution in [2.45, 2.75) is 25.7 Å². The second kappa shape index (κ2) is 6.17. The topological polar surface area (TPSA) is 49.3 Å². The van der Waals surface area contributed by atoms with E-state index in [1.54, 1.807) is 0 Å². The number of carbonyl (C=O) groups is 1. The molecular formula is C13H18BrNO2. The fourth-order valence-electron chi connectivity index (χ4n) is 1.51. The maximum Gasteiger partial charge on any atom is 0.230 e. The Bertz CT molecular complexity index is 391. The van der Waals surface area contributed by atoms with Gasteiger partial charge < -0.3 is 10.4 Å². The van der Waals surface area contributed by atoms with E-state index in [0.717, 1.165) is 10.0 Å². The van der Waals surface area contributed by atoms with Gasteiger partial charge in [-0.3, -0.25) is 4.79 Å². The highest BCUT2D eigenvalue weighted by Crippen LogP contribution is 2.25. The molecule has 0 aliphatic heterocycles. The van der Waals surface area contributed by atoms with Crippen LogP contribution in [0.15, 0.2) is 28.7 Å². The Morgan fingerprint density at radius 3 is 2.76 bits per heavy atom. The maximum absolute atomic E-state index is 12.0. The summed E-state index contributed by atoms with van der Waals surface area (Å²) < 4.78 is 0.964. The zero-order valence-electron chi connectivity index (χ0n) is 10.2. The van der Waals surface area contributed by atoms with Gasteiger partial charge in [-0.2, -0.15) is 0 Å². The van der Waals surface area contributed by atoms with E-state index in [2.05, 4.69) is 21.2 Å². The molecule has 1 amide bonds. The summed E-state index contributed by atoms with van der Waals surface area (Å²) in [5, 5.41) is 11.5. The van der Waals surface area contributed by atoms with Crippen LogP contribution in [0.5, 0.6) is 0 Å². The molecule has 0 fully saturated rings. The highest BCUT2D eigenvalue weighted by atomic mass is 79.9. The summed E-state index contributed by atoms with van der Waals surface area (Å²) in [5.41, 5.74) is 0.396. The van der Waals surface area contributed by atoms with E-state index in [0.29, 0.717) is 13.0 Å². The average Bonchev–Trinajstić information content (AvgIpc) is 2.29. The number of carbonyl (C=O) groups excluding carboxylic acids is 1. The zero-order valence-corrected chi connectivity index (χ0v) is 11.8. The summed E-state index contributed by atoms with van der Waals surface area (Å²) in [6.07, 6.45) is 0.584. The number of amides is 1. The molecule has 0 aliphatic carbocycles. The highest BCUT2D eigenvalue weighted by Gasteiger charge is 2.29. The molecule has 0 aromatic heterocycles. The Balaban J connectivity index is 2.76. The third kappa shape index (κ3) is 3.82. The molecule has 4 heteroatoms. The van der Waals surface area contributed by atoms with Crippen LogP contribution in [0, 0.1) is 0 Å². The van der Waals surface area contributed by atoms with Crippen LogP contribution >= 0.6 is 15.9 Å². The Morgan fingerprint density at radius 1 is 1.47 bits per heavy atom. The molecule has 1 rings (SSSR count). The van der Waals surface area contributed by atoms with Crippen molar-refractivity contribution in [1.29, 1.82) is 0 Å². The molecule has 0 saturated carbocycles. The number of benzene rings is 1. The predicted molar refractivity (Wildman–Crippen MR) is 71.9 cm³/mol. The van der Waals surface area contributed by atoms with Crippen LogP contribution in [0.2, 0.25) is 0 Å². The normalized spacial score (nSPS) is 11.3. The molecule has 0 spiro atoms. The summed E-state index contributed by atoms with van der Waals surface area (Å²) in [7, 11) is 0. The van der Waals surface area contributed by atoms with Gasteiger partial charge in [0.1, 0.15) is 0 Å². The molecule has 0 atom stereocenters. The minimum atomic E-state index is -0.570. The minimum absolute atomic E-state index is 0.0240. The molecule has 1 aromatic rings. The Labute approximate surface area is 110 Å². The van der Waals surface area contributed by atoms with Gasteiger partial charge in [0.2, 0.25) is 5.91 Å². The van der Waals surface area contributed by atoms with E-state index in [1.807, 2.05) is 38.1 Å². The van der Waals surface area contributed by atoms with Crippen molar-refractivity contribution in [2.24, 2.45) is 0 Å². The van der Waals surface area contributed by atoms with Gasteiger partial charge in [-0.15, -0.1) is 0 Å². The molecule has 2 N–H and O–H groups in total. The molecule has 94 valence electrons. The van der Waals surface area contributed by atoms with Gasteiger partial charge >= 0.3 is 0 Å². The van der Waals surface area contributed by atoms with E-state index in [-0.39, 0.29) is 12.5 Å². The molecule has 0 saturated heterocycles. The van der Waals surface area contributed by atoms with E-state index < -0.39 is 5.41 Å². The van der Waals surface area contributed by atoms with Gasteiger partial charge in [-0.25, -0.2) is 0 Å². The largest absolute Gasteiger partial charge is 0.396 e. The molecule has 17 heavy (non-hydrogen) atoms. The van der Waals surface area contributed by atoms with Gasteiger partial charge in [-0.1, -0.05) is 28.1 Å². The van der Waals surface area contributed by atoms with Crippen molar-refractivity contribution >= 4 is 21.8 Å². The van der Waals surface area contributed by atoms with Crippen LogP contribution < -0.4 is 5.32 Å². The number of halogens is 1. The molecule has 3 nitrogen and oxygen atoms in total. The van der Waals surface area contributed by atoms with Crippen molar-refractivity contribution < 1.29 is 9.90 Å². The number of hydrogen-bond donors (Lipinski definition) is 2.